The second-order valence-corrected chi connectivity index (χ2v) is 13.3. The summed E-state index contributed by atoms with van der Waals surface area (Å²) >= 11 is 15.2. The number of ketones is 1. The van der Waals surface area contributed by atoms with E-state index in [1.807, 2.05) is 55.5 Å². The van der Waals surface area contributed by atoms with Crippen LogP contribution in [-0.4, -0.2) is 27.0 Å². The molecule has 0 aliphatic carbocycles. The molecule has 1 aliphatic rings. The second kappa shape index (κ2) is 13.5. The number of hydrogen-bond acceptors (Lipinski definition) is 8. The Labute approximate surface area is 278 Å². The van der Waals surface area contributed by atoms with Crippen molar-refractivity contribution in [1.82, 2.24) is 10.2 Å². The van der Waals surface area contributed by atoms with Crippen LogP contribution in [0.1, 0.15) is 33.9 Å². The lowest BCUT2D eigenvalue weighted by atomic mass is 9.95. The smallest absolute Gasteiger partial charge is 0.301 e. The van der Waals surface area contributed by atoms with E-state index in [9.17, 15) is 14.7 Å². The number of anilines is 1. The first-order chi connectivity index (χ1) is 21.8. The number of hydrogen-bond donors (Lipinski definition) is 1. The first-order valence-corrected chi connectivity index (χ1v) is 16.4. The van der Waals surface area contributed by atoms with Gasteiger partial charge in [-0.15, -0.1) is 10.2 Å². The van der Waals surface area contributed by atoms with Gasteiger partial charge in [-0.3, -0.25) is 14.5 Å². The molecule has 226 valence electrons. The SMILES string of the molecule is Cc1cccc(COc2ccc(C(O)=C3C(=O)C(=O)N(c4nnc(SCc5ccccc5Cl)s4)C3c3cccc(Cl)c3)cc2)c1. The topological polar surface area (TPSA) is 92.6 Å². The first kappa shape index (κ1) is 30.9. The zero-order valence-corrected chi connectivity index (χ0v) is 27.0. The van der Waals surface area contributed by atoms with Crippen molar-refractivity contribution < 1.29 is 19.4 Å². The number of benzene rings is 4. The van der Waals surface area contributed by atoms with Gasteiger partial charge in [0.15, 0.2) is 4.34 Å². The van der Waals surface area contributed by atoms with Gasteiger partial charge in [0.25, 0.3) is 5.78 Å². The molecule has 1 fully saturated rings. The fraction of sp³-hybridized carbons (Fsp3) is 0.118. The van der Waals surface area contributed by atoms with Gasteiger partial charge in [0, 0.05) is 21.4 Å². The van der Waals surface area contributed by atoms with Gasteiger partial charge in [-0.2, -0.15) is 0 Å². The molecule has 1 amide bonds. The van der Waals surface area contributed by atoms with E-state index in [4.69, 9.17) is 27.9 Å². The summed E-state index contributed by atoms with van der Waals surface area (Å²) in [5.74, 6) is -0.828. The number of Topliss-reactive ketones (excluding diaryl/α,β-unsaturated/α-hetero) is 1. The largest absolute Gasteiger partial charge is 0.507 e. The minimum atomic E-state index is -0.977. The summed E-state index contributed by atoms with van der Waals surface area (Å²) in [6.07, 6.45) is 0. The Balaban J connectivity index is 1.30. The third-order valence-corrected chi connectivity index (χ3v) is 9.84. The summed E-state index contributed by atoms with van der Waals surface area (Å²) in [5, 5.41) is 21.3. The summed E-state index contributed by atoms with van der Waals surface area (Å²) in [4.78, 5) is 28.4. The average Bonchev–Trinajstić information content (AvgIpc) is 3.61. The highest BCUT2D eigenvalue weighted by atomic mass is 35.5. The van der Waals surface area contributed by atoms with Gasteiger partial charge in [0.05, 0.1) is 11.6 Å². The maximum Gasteiger partial charge on any atom is 0.301 e. The standard InChI is InChI=1S/C34H25Cl2N3O4S2/c1-20-6-4-7-21(16-20)18-43-26-14-12-22(13-15-26)30(40)28-29(23-9-5-10-25(35)17-23)39(32(42)31(28)41)33-37-38-34(45-33)44-19-24-8-2-3-11-27(24)36/h2-17,29,40H,18-19H2,1H3. The van der Waals surface area contributed by atoms with Gasteiger partial charge in [0.1, 0.15) is 18.1 Å². The summed E-state index contributed by atoms with van der Waals surface area (Å²) in [7, 11) is 0. The lowest BCUT2D eigenvalue weighted by Crippen LogP contribution is -2.29. The van der Waals surface area contributed by atoms with E-state index in [0.717, 1.165) is 16.7 Å². The van der Waals surface area contributed by atoms with Crippen LogP contribution in [0.15, 0.2) is 107 Å². The molecule has 2 heterocycles. The quantitative estimate of drug-likeness (QED) is 0.0550. The minimum absolute atomic E-state index is 0.0730. The van der Waals surface area contributed by atoms with E-state index >= 15 is 0 Å². The highest BCUT2D eigenvalue weighted by Gasteiger charge is 2.48. The Kier molecular flexibility index (Phi) is 9.23. The Hall–Kier alpha value is -4.15. The monoisotopic (exact) mass is 673 g/mol. The van der Waals surface area contributed by atoms with Crippen molar-refractivity contribution in [3.63, 3.8) is 0 Å². The van der Waals surface area contributed by atoms with Crippen molar-refractivity contribution in [1.29, 1.82) is 0 Å². The van der Waals surface area contributed by atoms with Crippen molar-refractivity contribution in [2.24, 2.45) is 0 Å². The van der Waals surface area contributed by atoms with E-state index in [0.29, 0.717) is 43.6 Å². The van der Waals surface area contributed by atoms with Gasteiger partial charge in [-0.25, -0.2) is 0 Å². The Morgan fingerprint density at radius 1 is 0.956 bits per heavy atom. The lowest BCUT2D eigenvalue weighted by molar-refractivity contribution is -0.132. The van der Waals surface area contributed by atoms with Crippen LogP contribution >= 0.6 is 46.3 Å². The van der Waals surface area contributed by atoms with Crippen LogP contribution in [0, 0.1) is 6.92 Å². The molecule has 1 N–H and O–H groups in total. The maximum atomic E-state index is 13.6. The Bertz CT molecular complexity index is 1930. The zero-order valence-electron chi connectivity index (χ0n) is 23.8. The van der Waals surface area contributed by atoms with Gasteiger partial charge >= 0.3 is 5.91 Å². The molecule has 0 bridgehead atoms. The van der Waals surface area contributed by atoms with Crippen LogP contribution in [0.2, 0.25) is 10.0 Å². The number of nitrogens with zero attached hydrogens (tertiary/aromatic N) is 3. The summed E-state index contributed by atoms with van der Waals surface area (Å²) in [5.41, 5.74) is 3.94. The molecule has 7 nitrogen and oxygen atoms in total. The highest BCUT2D eigenvalue weighted by Crippen LogP contribution is 2.44. The predicted molar refractivity (Wildman–Crippen MR) is 179 cm³/mol. The number of aliphatic hydroxyl groups is 1. The van der Waals surface area contributed by atoms with E-state index in [-0.39, 0.29) is 16.5 Å². The minimum Gasteiger partial charge on any atom is -0.507 e. The summed E-state index contributed by atoms with van der Waals surface area (Å²) < 4.78 is 6.51. The van der Waals surface area contributed by atoms with Gasteiger partial charge < -0.3 is 9.84 Å². The van der Waals surface area contributed by atoms with Crippen molar-refractivity contribution in [2.75, 3.05) is 4.90 Å². The summed E-state index contributed by atoms with van der Waals surface area (Å²) in [6, 6.07) is 28.1. The van der Waals surface area contributed by atoms with Gasteiger partial charge in [-0.05, 0) is 66.1 Å². The van der Waals surface area contributed by atoms with Crippen molar-refractivity contribution >= 4 is 68.9 Å². The number of aromatic nitrogens is 2. The lowest BCUT2D eigenvalue weighted by Gasteiger charge is -2.22. The Morgan fingerprint density at radius 3 is 2.49 bits per heavy atom. The third-order valence-electron chi connectivity index (χ3n) is 7.14. The number of halogens is 2. The molecule has 1 saturated heterocycles. The molecule has 45 heavy (non-hydrogen) atoms. The highest BCUT2D eigenvalue weighted by molar-refractivity contribution is 8.00. The predicted octanol–water partition coefficient (Wildman–Crippen LogP) is 8.65. The van der Waals surface area contributed by atoms with Crippen LogP contribution in [0.5, 0.6) is 5.75 Å². The van der Waals surface area contributed by atoms with E-state index in [1.54, 1.807) is 48.5 Å². The number of carbonyl (C=O) groups is 2. The molecule has 1 atom stereocenters. The number of thioether (sulfide) groups is 1. The molecule has 1 aromatic heterocycles. The van der Waals surface area contributed by atoms with Gasteiger partial charge in [-0.1, -0.05) is 106 Å². The number of rotatable bonds is 9. The van der Waals surface area contributed by atoms with E-state index in [1.165, 1.54) is 28.0 Å². The average molecular weight is 675 g/mol. The number of aryl methyl sites for hydroxylation is 1. The van der Waals surface area contributed by atoms with Crippen molar-refractivity contribution in [3.8, 4) is 5.75 Å². The van der Waals surface area contributed by atoms with Crippen LogP contribution < -0.4 is 9.64 Å². The first-order valence-electron chi connectivity index (χ1n) is 13.8. The molecular weight excluding hydrogens is 649 g/mol. The molecule has 0 spiro atoms. The zero-order chi connectivity index (χ0) is 31.5. The normalized spacial score (nSPS) is 15.9. The fourth-order valence-corrected chi connectivity index (χ4v) is 7.32. The van der Waals surface area contributed by atoms with Crippen LogP contribution in [-0.2, 0) is 21.9 Å². The van der Waals surface area contributed by atoms with Crippen molar-refractivity contribution in [2.45, 2.75) is 29.7 Å². The molecule has 5 aromatic rings. The molecular formula is C34H25Cl2N3O4S2. The molecule has 1 aliphatic heterocycles. The molecule has 0 saturated carbocycles. The number of amides is 1. The van der Waals surface area contributed by atoms with Crippen LogP contribution in [0.25, 0.3) is 5.76 Å². The number of aliphatic hydroxyl groups excluding tert-OH is 1. The number of carbonyl (C=O) groups excluding carboxylic acids is 2. The van der Waals surface area contributed by atoms with Crippen LogP contribution in [0.3, 0.4) is 0 Å². The molecule has 0 radical (unpaired) electrons. The Morgan fingerprint density at radius 2 is 1.73 bits per heavy atom. The van der Waals surface area contributed by atoms with E-state index in [2.05, 4.69) is 10.2 Å². The molecule has 1 unspecified atom stereocenters. The van der Waals surface area contributed by atoms with Crippen molar-refractivity contribution in [3.05, 3.63) is 140 Å². The molecule has 6 rings (SSSR count). The fourth-order valence-electron chi connectivity index (χ4n) is 4.97. The molecule has 4 aromatic carbocycles. The third kappa shape index (κ3) is 6.77. The van der Waals surface area contributed by atoms with E-state index < -0.39 is 17.7 Å². The molecule has 11 heteroatoms. The van der Waals surface area contributed by atoms with Crippen LogP contribution in [0.4, 0.5) is 5.13 Å². The van der Waals surface area contributed by atoms with Gasteiger partial charge in [0.2, 0.25) is 5.13 Å². The summed E-state index contributed by atoms with van der Waals surface area (Å²) in [6.45, 7) is 2.40. The number of ether oxygens (including phenoxy) is 1. The second-order valence-electron chi connectivity index (χ2n) is 10.3. The maximum absolute atomic E-state index is 13.6.